The van der Waals surface area contributed by atoms with Gasteiger partial charge in [-0.3, -0.25) is 14.9 Å². The van der Waals surface area contributed by atoms with E-state index in [1.54, 1.807) is 38.1 Å². The van der Waals surface area contributed by atoms with Crippen LogP contribution in [-0.4, -0.2) is 48.3 Å². The highest BCUT2D eigenvalue weighted by Gasteiger charge is 2.18. The smallest absolute Gasteiger partial charge is 0.339 e. The zero-order chi connectivity index (χ0) is 23.3. The fourth-order valence-electron chi connectivity index (χ4n) is 3.44. The van der Waals surface area contributed by atoms with Crippen molar-refractivity contribution >= 4 is 35.6 Å². The van der Waals surface area contributed by atoms with Crippen LogP contribution >= 0.6 is 11.8 Å². The van der Waals surface area contributed by atoms with E-state index in [-0.39, 0.29) is 29.3 Å². The zero-order valence-corrected chi connectivity index (χ0v) is 19.6. The highest BCUT2D eigenvalue weighted by atomic mass is 32.2. The van der Waals surface area contributed by atoms with Crippen LogP contribution in [0.2, 0.25) is 0 Å². The number of carbonyl (C=O) groups excluding carboxylic acids is 4. The van der Waals surface area contributed by atoms with E-state index in [4.69, 9.17) is 4.74 Å². The molecule has 0 atom stereocenters. The average molecular weight is 464 g/mol. The summed E-state index contributed by atoms with van der Waals surface area (Å²) >= 11 is 1.26. The number of nitrogens with one attached hydrogen (secondary N) is 3. The summed E-state index contributed by atoms with van der Waals surface area (Å²) in [7, 11) is 0. The Kier molecular flexibility index (Phi) is 11.1. The number of carbonyl (C=O) groups is 4. The molecule has 1 fully saturated rings. The number of thioether (sulfide) groups is 1. The Hall–Kier alpha value is -2.55. The molecule has 0 unspecified atom stereocenters. The summed E-state index contributed by atoms with van der Waals surface area (Å²) in [6.07, 6.45) is 8.01. The van der Waals surface area contributed by atoms with Crippen molar-refractivity contribution in [1.82, 2.24) is 16.0 Å². The summed E-state index contributed by atoms with van der Waals surface area (Å²) in [5, 5.41) is 7.72. The number of benzene rings is 1. The summed E-state index contributed by atoms with van der Waals surface area (Å²) in [5.41, 5.74) is 0.274. The average Bonchev–Trinajstić information content (AvgIpc) is 2.72. The Labute approximate surface area is 193 Å². The van der Waals surface area contributed by atoms with Crippen LogP contribution in [0.1, 0.15) is 69.2 Å². The summed E-state index contributed by atoms with van der Waals surface area (Å²) < 4.78 is 5.05. The molecule has 0 heterocycles. The van der Waals surface area contributed by atoms with Gasteiger partial charge >= 0.3 is 12.0 Å². The van der Waals surface area contributed by atoms with Gasteiger partial charge in [0.15, 0.2) is 6.61 Å². The molecular formula is C23H33N3O5S. The van der Waals surface area contributed by atoms with Crippen LogP contribution in [0.3, 0.4) is 0 Å². The topological polar surface area (TPSA) is 114 Å². The van der Waals surface area contributed by atoms with Crippen LogP contribution in [0.5, 0.6) is 0 Å². The third kappa shape index (κ3) is 9.72. The number of urea groups is 1. The van der Waals surface area contributed by atoms with Crippen molar-refractivity contribution in [3.63, 3.8) is 0 Å². The maximum absolute atomic E-state index is 12.4. The third-order valence-electron chi connectivity index (χ3n) is 4.94. The molecule has 0 radical (unpaired) electrons. The van der Waals surface area contributed by atoms with Gasteiger partial charge in [0.05, 0.1) is 11.3 Å². The first-order valence-corrected chi connectivity index (χ1v) is 12.1. The Balaban J connectivity index is 1.83. The van der Waals surface area contributed by atoms with Gasteiger partial charge in [0.1, 0.15) is 0 Å². The van der Waals surface area contributed by atoms with E-state index in [9.17, 15) is 19.2 Å². The number of ether oxygens (including phenoxy) is 1. The fourth-order valence-corrected chi connectivity index (χ4v) is 4.30. The van der Waals surface area contributed by atoms with E-state index in [1.165, 1.54) is 31.0 Å². The molecule has 0 aromatic heterocycles. The summed E-state index contributed by atoms with van der Waals surface area (Å²) in [4.78, 5) is 48.8. The highest BCUT2D eigenvalue weighted by Crippen LogP contribution is 2.24. The van der Waals surface area contributed by atoms with Gasteiger partial charge in [-0.1, -0.05) is 44.2 Å². The van der Waals surface area contributed by atoms with Gasteiger partial charge in [-0.15, -0.1) is 11.8 Å². The minimum Gasteiger partial charge on any atom is -0.452 e. The lowest BCUT2D eigenvalue weighted by molar-refractivity contribution is -0.123. The maximum atomic E-state index is 12.4. The molecule has 8 nitrogen and oxygen atoms in total. The summed E-state index contributed by atoms with van der Waals surface area (Å²) in [5.74, 6) is -1.27. The second-order valence-electron chi connectivity index (χ2n) is 8.15. The molecule has 1 aliphatic carbocycles. The monoisotopic (exact) mass is 463 g/mol. The number of imide groups is 1. The van der Waals surface area contributed by atoms with Crippen molar-refractivity contribution in [2.75, 3.05) is 12.4 Å². The number of hydrogen-bond acceptors (Lipinski definition) is 6. The zero-order valence-electron chi connectivity index (χ0n) is 18.8. The van der Waals surface area contributed by atoms with E-state index in [0.29, 0.717) is 4.90 Å². The van der Waals surface area contributed by atoms with Crippen molar-refractivity contribution in [3.8, 4) is 0 Å². The fraction of sp³-hybridized carbons (Fsp3) is 0.565. The summed E-state index contributed by atoms with van der Waals surface area (Å²) in [6, 6.07) is 6.22. The molecule has 0 aliphatic heterocycles. The first-order valence-electron chi connectivity index (χ1n) is 11.1. The van der Waals surface area contributed by atoms with Gasteiger partial charge in [0.25, 0.3) is 5.91 Å². The third-order valence-corrected chi connectivity index (χ3v) is 6.02. The first kappa shape index (κ1) is 25.7. The number of hydrogen-bond donors (Lipinski definition) is 3. The molecule has 3 N–H and O–H groups in total. The molecule has 1 aliphatic rings. The van der Waals surface area contributed by atoms with Gasteiger partial charge in [-0.25, -0.2) is 9.59 Å². The molecular weight excluding hydrogens is 430 g/mol. The molecule has 2 rings (SSSR count). The molecule has 0 bridgehead atoms. The quantitative estimate of drug-likeness (QED) is 0.402. The Morgan fingerprint density at radius 2 is 1.66 bits per heavy atom. The second kappa shape index (κ2) is 13.8. The van der Waals surface area contributed by atoms with E-state index in [0.717, 1.165) is 25.7 Å². The molecule has 1 saturated carbocycles. The van der Waals surface area contributed by atoms with E-state index >= 15 is 0 Å². The maximum Gasteiger partial charge on any atom is 0.339 e. The van der Waals surface area contributed by atoms with Crippen molar-refractivity contribution in [2.45, 2.75) is 75.8 Å². The highest BCUT2D eigenvalue weighted by molar-refractivity contribution is 8.00. The lowest BCUT2D eigenvalue weighted by Crippen LogP contribution is -2.44. The normalized spacial score (nSPS) is 14.7. The minimum absolute atomic E-state index is 0.0562. The number of amides is 4. The van der Waals surface area contributed by atoms with Gasteiger partial charge in [0, 0.05) is 17.0 Å². The Morgan fingerprint density at radius 1 is 1.00 bits per heavy atom. The predicted octanol–water partition coefficient (Wildman–Crippen LogP) is 3.40. The van der Waals surface area contributed by atoms with Gasteiger partial charge in [-0.2, -0.15) is 0 Å². The molecule has 0 saturated heterocycles. The van der Waals surface area contributed by atoms with Crippen LogP contribution in [0.15, 0.2) is 29.2 Å². The van der Waals surface area contributed by atoms with E-state index in [2.05, 4.69) is 16.0 Å². The molecule has 1 aromatic carbocycles. The van der Waals surface area contributed by atoms with Crippen LogP contribution in [0, 0.1) is 0 Å². The van der Waals surface area contributed by atoms with Gasteiger partial charge in [-0.05, 0) is 38.8 Å². The molecule has 0 spiro atoms. The largest absolute Gasteiger partial charge is 0.452 e. The predicted molar refractivity (Wildman–Crippen MR) is 124 cm³/mol. The molecule has 9 heteroatoms. The van der Waals surface area contributed by atoms with Crippen LogP contribution < -0.4 is 16.0 Å². The standard InChI is InChI=1S/C23H33N3O5S/c1-16(2)24-23(30)26-20(27)14-31-22(29)18-12-8-9-13-19(18)32-15-21(28)25-17-10-6-4-3-5-7-11-17/h8-9,12-13,16-17H,3-7,10-11,14-15H2,1-2H3,(H,25,28)(H2,24,26,27,30). The second-order valence-corrected chi connectivity index (χ2v) is 9.16. The van der Waals surface area contributed by atoms with E-state index < -0.39 is 24.5 Å². The molecule has 4 amide bonds. The van der Waals surface area contributed by atoms with Crippen molar-refractivity contribution < 1.29 is 23.9 Å². The van der Waals surface area contributed by atoms with Gasteiger partial charge in [0.2, 0.25) is 5.91 Å². The van der Waals surface area contributed by atoms with Crippen molar-refractivity contribution in [1.29, 1.82) is 0 Å². The van der Waals surface area contributed by atoms with Crippen molar-refractivity contribution in [3.05, 3.63) is 29.8 Å². The Morgan fingerprint density at radius 3 is 2.34 bits per heavy atom. The Bertz CT molecular complexity index is 792. The molecule has 1 aromatic rings. The van der Waals surface area contributed by atoms with E-state index in [1.807, 2.05) is 0 Å². The van der Waals surface area contributed by atoms with Crippen LogP contribution in [0.25, 0.3) is 0 Å². The van der Waals surface area contributed by atoms with Crippen molar-refractivity contribution in [2.24, 2.45) is 0 Å². The van der Waals surface area contributed by atoms with Crippen LogP contribution in [-0.2, 0) is 14.3 Å². The first-order chi connectivity index (χ1) is 15.3. The summed E-state index contributed by atoms with van der Waals surface area (Å²) in [6.45, 7) is 2.94. The lowest BCUT2D eigenvalue weighted by Gasteiger charge is -2.21. The molecule has 32 heavy (non-hydrogen) atoms. The number of esters is 1. The van der Waals surface area contributed by atoms with Crippen LogP contribution in [0.4, 0.5) is 4.79 Å². The van der Waals surface area contributed by atoms with Gasteiger partial charge < -0.3 is 15.4 Å². The SMILES string of the molecule is CC(C)NC(=O)NC(=O)COC(=O)c1ccccc1SCC(=O)NC1CCCCCCC1. The molecule has 176 valence electrons. The number of rotatable bonds is 8. The minimum atomic E-state index is -0.722. The lowest BCUT2D eigenvalue weighted by atomic mass is 9.97.